The molecule has 19 heavy (non-hydrogen) atoms. The molecule has 0 fully saturated rings. The number of H-pyrrole nitrogens is 1. The second kappa shape index (κ2) is 6.35. The van der Waals surface area contributed by atoms with Gasteiger partial charge in [-0.2, -0.15) is 5.10 Å². The molecule has 1 aromatic carbocycles. The molecule has 0 aliphatic heterocycles. The van der Waals surface area contributed by atoms with Crippen molar-refractivity contribution in [3.05, 3.63) is 42.7 Å². The Morgan fingerprint density at radius 1 is 1.26 bits per heavy atom. The third-order valence-electron chi connectivity index (χ3n) is 2.41. The van der Waals surface area contributed by atoms with Crippen LogP contribution in [0.25, 0.3) is 0 Å². The minimum Gasteiger partial charge on any atom is -0.494 e. The zero-order valence-corrected chi connectivity index (χ0v) is 11.1. The minimum atomic E-state index is -3.46. The SMILES string of the molecule is O=S(=O)(NCCCOc1ccccc1)c1cn[nH]c1. The fourth-order valence-electron chi connectivity index (χ4n) is 1.45. The quantitative estimate of drug-likeness (QED) is 0.746. The van der Waals surface area contributed by atoms with Crippen molar-refractivity contribution in [3.8, 4) is 5.75 Å². The van der Waals surface area contributed by atoms with Crippen molar-refractivity contribution >= 4 is 10.0 Å². The molecule has 2 rings (SSSR count). The van der Waals surface area contributed by atoms with Crippen LogP contribution in [0.3, 0.4) is 0 Å². The highest BCUT2D eigenvalue weighted by atomic mass is 32.2. The van der Waals surface area contributed by atoms with E-state index in [4.69, 9.17) is 4.74 Å². The summed E-state index contributed by atoms with van der Waals surface area (Å²) in [6, 6.07) is 9.39. The highest BCUT2D eigenvalue weighted by molar-refractivity contribution is 7.89. The third-order valence-corrected chi connectivity index (χ3v) is 3.84. The predicted octanol–water partition coefficient (Wildman–Crippen LogP) is 1.16. The number of rotatable bonds is 7. The summed E-state index contributed by atoms with van der Waals surface area (Å²) in [6.45, 7) is 0.776. The van der Waals surface area contributed by atoms with Gasteiger partial charge in [-0.25, -0.2) is 13.1 Å². The van der Waals surface area contributed by atoms with Gasteiger partial charge in [-0.15, -0.1) is 0 Å². The van der Waals surface area contributed by atoms with Crippen LogP contribution < -0.4 is 9.46 Å². The Labute approximate surface area is 111 Å². The minimum absolute atomic E-state index is 0.136. The Kier molecular flexibility index (Phi) is 4.53. The van der Waals surface area contributed by atoms with Crippen LogP contribution in [-0.4, -0.2) is 31.8 Å². The first-order valence-corrected chi connectivity index (χ1v) is 7.33. The Morgan fingerprint density at radius 3 is 2.74 bits per heavy atom. The van der Waals surface area contributed by atoms with E-state index in [1.54, 1.807) is 0 Å². The number of nitrogens with zero attached hydrogens (tertiary/aromatic N) is 1. The van der Waals surface area contributed by atoms with E-state index < -0.39 is 10.0 Å². The molecular weight excluding hydrogens is 266 g/mol. The number of benzene rings is 1. The Morgan fingerprint density at radius 2 is 2.05 bits per heavy atom. The monoisotopic (exact) mass is 281 g/mol. The van der Waals surface area contributed by atoms with Gasteiger partial charge in [-0.3, -0.25) is 5.10 Å². The van der Waals surface area contributed by atoms with Crippen LogP contribution >= 0.6 is 0 Å². The maximum Gasteiger partial charge on any atom is 0.243 e. The number of aromatic amines is 1. The van der Waals surface area contributed by atoms with Gasteiger partial charge < -0.3 is 4.74 Å². The van der Waals surface area contributed by atoms with Crippen LogP contribution in [0.1, 0.15) is 6.42 Å². The van der Waals surface area contributed by atoms with Gasteiger partial charge in [0.15, 0.2) is 0 Å². The lowest BCUT2D eigenvalue weighted by molar-refractivity contribution is 0.311. The number of hydrogen-bond donors (Lipinski definition) is 2. The Hall–Kier alpha value is -1.86. The van der Waals surface area contributed by atoms with Gasteiger partial charge >= 0.3 is 0 Å². The summed E-state index contributed by atoms with van der Waals surface area (Å²) in [6.07, 6.45) is 3.19. The Balaban J connectivity index is 1.70. The maximum absolute atomic E-state index is 11.7. The van der Waals surface area contributed by atoms with Gasteiger partial charge in [0, 0.05) is 12.7 Å². The number of sulfonamides is 1. The molecular formula is C12H15N3O3S. The zero-order chi connectivity index (χ0) is 13.6. The van der Waals surface area contributed by atoms with E-state index in [2.05, 4.69) is 14.9 Å². The van der Waals surface area contributed by atoms with Crippen LogP contribution in [0, 0.1) is 0 Å². The number of hydrogen-bond acceptors (Lipinski definition) is 4. The summed E-state index contributed by atoms with van der Waals surface area (Å²) >= 11 is 0. The lowest BCUT2D eigenvalue weighted by atomic mass is 10.3. The summed E-state index contributed by atoms with van der Waals surface area (Å²) in [5.41, 5.74) is 0. The van der Waals surface area contributed by atoms with Gasteiger partial charge in [0.05, 0.1) is 12.8 Å². The van der Waals surface area contributed by atoms with E-state index in [-0.39, 0.29) is 4.90 Å². The summed E-state index contributed by atoms with van der Waals surface area (Å²) in [4.78, 5) is 0.136. The van der Waals surface area contributed by atoms with E-state index in [0.29, 0.717) is 19.6 Å². The van der Waals surface area contributed by atoms with Crippen molar-refractivity contribution < 1.29 is 13.2 Å². The van der Waals surface area contributed by atoms with Crippen molar-refractivity contribution in [3.63, 3.8) is 0 Å². The number of nitrogens with one attached hydrogen (secondary N) is 2. The topological polar surface area (TPSA) is 84.1 Å². The first-order valence-electron chi connectivity index (χ1n) is 5.85. The second-order valence-corrected chi connectivity index (χ2v) is 5.61. The molecule has 0 saturated heterocycles. The molecule has 0 aliphatic carbocycles. The van der Waals surface area contributed by atoms with Gasteiger partial charge in [-0.1, -0.05) is 18.2 Å². The normalized spacial score (nSPS) is 11.4. The van der Waals surface area contributed by atoms with Gasteiger partial charge in [-0.05, 0) is 18.6 Å². The molecule has 2 N–H and O–H groups in total. The third kappa shape index (κ3) is 4.08. The number of para-hydroxylation sites is 1. The van der Waals surface area contributed by atoms with Crippen molar-refractivity contribution in [2.75, 3.05) is 13.2 Å². The van der Waals surface area contributed by atoms with E-state index in [1.807, 2.05) is 30.3 Å². The Bertz CT molecular complexity index is 582. The molecule has 0 radical (unpaired) electrons. The molecule has 1 heterocycles. The average molecular weight is 281 g/mol. The molecule has 0 spiro atoms. The first kappa shape index (κ1) is 13.6. The van der Waals surface area contributed by atoms with Crippen molar-refractivity contribution in [2.24, 2.45) is 0 Å². The van der Waals surface area contributed by atoms with Crippen molar-refractivity contribution in [1.29, 1.82) is 0 Å². The lowest BCUT2D eigenvalue weighted by Crippen LogP contribution is -2.25. The molecule has 0 atom stereocenters. The molecule has 7 heteroatoms. The second-order valence-electron chi connectivity index (χ2n) is 3.85. The van der Waals surface area contributed by atoms with E-state index in [0.717, 1.165) is 5.75 Å². The summed E-state index contributed by atoms with van der Waals surface area (Å²) in [7, 11) is -3.46. The molecule has 0 aliphatic rings. The van der Waals surface area contributed by atoms with Crippen molar-refractivity contribution in [2.45, 2.75) is 11.3 Å². The van der Waals surface area contributed by atoms with Crippen LogP contribution in [0.5, 0.6) is 5.75 Å². The highest BCUT2D eigenvalue weighted by Crippen LogP contribution is 2.08. The smallest absolute Gasteiger partial charge is 0.243 e. The van der Waals surface area contributed by atoms with Gasteiger partial charge in [0.1, 0.15) is 10.6 Å². The lowest BCUT2D eigenvalue weighted by Gasteiger charge is -2.06. The first-order chi connectivity index (χ1) is 9.18. The predicted molar refractivity (Wildman–Crippen MR) is 70.3 cm³/mol. The zero-order valence-electron chi connectivity index (χ0n) is 10.2. The summed E-state index contributed by atoms with van der Waals surface area (Å²) in [5.74, 6) is 0.778. The molecule has 0 unspecified atom stereocenters. The molecule has 0 bridgehead atoms. The molecule has 2 aromatic rings. The van der Waals surface area contributed by atoms with E-state index in [1.165, 1.54) is 12.4 Å². The average Bonchev–Trinajstić information content (AvgIpc) is 2.94. The molecule has 6 nitrogen and oxygen atoms in total. The van der Waals surface area contributed by atoms with Crippen LogP contribution in [0.4, 0.5) is 0 Å². The fourth-order valence-corrected chi connectivity index (χ4v) is 2.43. The largest absolute Gasteiger partial charge is 0.494 e. The van der Waals surface area contributed by atoms with Gasteiger partial charge in [0.25, 0.3) is 0 Å². The fraction of sp³-hybridized carbons (Fsp3) is 0.250. The summed E-state index contributed by atoms with van der Waals surface area (Å²) in [5, 5.41) is 6.07. The standard InChI is InChI=1S/C12H15N3O3S/c16-19(17,12-9-13-14-10-12)15-7-4-8-18-11-5-2-1-3-6-11/h1-3,5-6,9-10,15H,4,7-8H2,(H,13,14). The molecule has 0 saturated carbocycles. The van der Waals surface area contributed by atoms with E-state index >= 15 is 0 Å². The highest BCUT2D eigenvalue weighted by Gasteiger charge is 2.13. The van der Waals surface area contributed by atoms with Crippen molar-refractivity contribution in [1.82, 2.24) is 14.9 Å². The van der Waals surface area contributed by atoms with Gasteiger partial charge in [0.2, 0.25) is 10.0 Å². The molecule has 0 amide bonds. The number of aromatic nitrogens is 2. The van der Waals surface area contributed by atoms with Crippen LogP contribution in [0.15, 0.2) is 47.6 Å². The van der Waals surface area contributed by atoms with E-state index in [9.17, 15) is 8.42 Å². The van der Waals surface area contributed by atoms with Crippen LogP contribution in [0.2, 0.25) is 0 Å². The van der Waals surface area contributed by atoms with Crippen LogP contribution in [-0.2, 0) is 10.0 Å². The summed E-state index contributed by atoms with van der Waals surface area (Å²) < 4.78 is 31.4. The maximum atomic E-state index is 11.7. The molecule has 102 valence electrons. The number of ether oxygens (including phenoxy) is 1. The molecule has 1 aromatic heterocycles.